The van der Waals surface area contributed by atoms with Crippen molar-refractivity contribution in [2.45, 2.75) is 12.4 Å². The maximum absolute atomic E-state index is 12.8. The van der Waals surface area contributed by atoms with Gasteiger partial charge >= 0.3 is 12.4 Å². The lowest BCUT2D eigenvalue weighted by molar-refractivity contribution is -0.138. The van der Waals surface area contributed by atoms with Gasteiger partial charge in [-0.2, -0.15) is 31.6 Å². The Bertz CT molecular complexity index is 737. The predicted octanol–water partition coefficient (Wildman–Crippen LogP) is 5.26. The van der Waals surface area contributed by atoms with Crippen LogP contribution in [-0.4, -0.2) is 0 Å². The van der Waals surface area contributed by atoms with Gasteiger partial charge in [0.2, 0.25) is 0 Å². The smallest absolute Gasteiger partial charge is 0.192 e. The van der Waals surface area contributed by atoms with Crippen LogP contribution in [0.5, 0.6) is 0 Å². The highest BCUT2D eigenvalue weighted by molar-refractivity contribution is 5.67. The summed E-state index contributed by atoms with van der Waals surface area (Å²) in [6, 6.07) is 7.98. The molecular weight excluding hydrogens is 308 g/mol. The molecule has 0 amide bonds. The Morgan fingerprint density at radius 1 is 0.727 bits per heavy atom. The largest absolute Gasteiger partial charge is 0.416 e. The van der Waals surface area contributed by atoms with E-state index in [0.29, 0.717) is 6.07 Å². The fraction of sp³-hybridized carbons (Fsp3) is 0.133. The molecule has 0 unspecified atom stereocenters. The van der Waals surface area contributed by atoms with Gasteiger partial charge in [0.1, 0.15) is 0 Å². The van der Waals surface area contributed by atoms with Gasteiger partial charge in [-0.15, -0.1) is 0 Å². The van der Waals surface area contributed by atoms with Crippen LogP contribution in [-0.2, 0) is 12.4 Å². The van der Waals surface area contributed by atoms with Crippen LogP contribution in [0.2, 0.25) is 0 Å². The zero-order valence-corrected chi connectivity index (χ0v) is 10.8. The van der Waals surface area contributed by atoms with Crippen LogP contribution in [0.4, 0.5) is 26.3 Å². The summed E-state index contributed by atoms with van der Waals surface area (Å²) < 4.78 is 76.3. The normalized spacial score (nSPS) is 12.0. The van der Waals surface area contributed by atoms with Crippen molar-refractivity contribution in [2.24, 2.45) is 0 Å². The molecular formula is C15H7F6N. The summed E-state index contributed by atoms with van der Waals surface area (Å²) in [5.74, 6) is 0. The molecule has 0 aliphatic rings. The summed E-state index contributed by atoms with van der Waals surface area (Å²) in [5, 5.41) is 8.79. The molecule has 0 heterocycles. The summed E-state index contributed by atoms with van der Waals surface area (Å²) in [6.07, 6.45) is -9.29. The van der Waals surface area contributed by atoms with Gasteiger partial charge in [0.05, 0.1) is 22.8 Å². The summed E-state index contributed by atoms with van der Waals surface area (Å²) in [5.41, 5.74) is -2.47. The number of halogens is 6. The molecule has 0 fully saturated rings. The lowest BCUT2D eigenvalue weighted by Crippen LogP contribution is -2.06. The minimum absolute atomic E-state index is 0.0441. The first-order valence-electron chi connectivity index (χ1n) is 5.91. The quantitative estimate of drug-likeness (QED) is 0.658. The van der Waals surface area contributed by atoms with Crippen LogP contribution in [0.3, 0.4) is 0 Å². The van der Waals surface area contributed by atoms with Crippen LogP contribution in [0.1, 0.15) is 16.7 Å². The Morgan fingerprint density at radius 2 is 1.32 bits per heavy atom. The molecule has 0 saturated carbocycles. The fourth-order valence-corrected chi connectivity index (χ4v) is 1.90. The van der Waals surface area contributed by atoms with Gasteiger partial charge in [-0.3, -0.25) is 0 Å². The molecule has 0 spiro atoms. The third-order valence-corrected chi connectivity index (χ3v) is 2.91. The Hall–Kier alpha value is -2.49. The average molecular weight is 315 g/mol. The summed E-state index contributed by atoms with van der Waals surface area (Å²) in [4.78, 5) is 0. The molecule has 114 valence electrons. The lowest BCUT2D eigenvalue weighted by atomic mass is 9.98. The second kappa shape index (κ2) is 5.37. The van der Waals surface area contributed by atoms with Gasteiger partial charge in [-0.05, 0) is 41.5 Å². The van der Waals surface area contributed by atoms with Crippen LogP contribution in [0.15, 0.2) is 42.5 Å². The predicted molar refractivity (Wildman–Crippen MR) is 66.6 cm³/mol. The molecule has 0 N–H and O–H groups in total. The zero-order valence-electron chi connectivity index (χ0n) is 10.8. The third-order valence-electron chi connectivity index (χ3n) is 2.91. The molecule has 22 heavy (non-hydrogen) atoms. The summed E-state index contributed by atoms with van der Waals surface area (Å²) >= 11 is 0. The standard InChI is InChI=1S/C15H7F6N/c16-14(17,18)12-3-1-2-10(6-12)11-4-9(8-22)5-13(7-11)15(19,20)21/h1-7H. The third kappa shape index (κ3) is 3.39. The van der Waals surface area contributed by atoms with Crippen molar-refractivity contribution in [1.82, 2.24) is 0 Å². The number of nitriles is 1. The molecule has 7 heteroatoms. The topological polar surface area (TPSA) is 23.8 Å². The SMILES string of the molecule is N#Cc1cc(-c2cccc(C(F)(F)F)c2)cc(C(F)(F)F)c1. The van der Waals surface area contributed by atoms with Crippen molar-refractivity contribution in [3.05, 3.63) is 59.2 Å². The van der Waals surface area contributed by atoms with E-state index in [-0.39, 0.29) is 16.7 Å². The second-order valence-electron chi connectivity index (χ2n) is 4.49. The van der Waals surface area contributed by atoms with E-state index in [1.165, 1.54) is 6.07 Å². The molecule has 0 aliphatic carbocycles. The molecule has 2 aromatic rings. The van der Waals surface area contributed by atoms with Crippen LogP contribution in [0.25, 0.3) is 11.1 Å². The highest BCUT2D eigenvalue weighted by Gasteiger charge is 2.32. The number of hydrogen-bond acceptors (Lipinski definition) is 1. The molecule has 1 nitrogen and oxygen atoms in total. The van der Waals surface area contributed by atoms with E-state index in [1.54, 1.807) is 6.07 Å². The van der Waals surface area contributed by atoms with E-state index < -0.39 is 23.5 Å². The van der Waals surface area contributed by atoms with Crippen LogP contribution in [0, 0.1) is 11.3 Å². The van der Waals surface area contributed by atoms with E-state index in [4.69, 9.17) is 5.26 Å². The molecule has 2 rings (SSSR count). The second-order valence-corrected chi connectivity index (χ2v) is 4.49. The molecule has 0 aliphatic heterocycles. The van der Waals surface area contributed by atoms with Crippen molar-refractivity contribution in [1.29, 1.82) is 5.26 Å². The van der Waals surface area contributed by atoms with Gasteiger partial charge in [0.15, 0.2) is 0 Å². The lowest BCUT2D eigenvalue weighted by Gasteiger charge is -2.12. The van der Waals surface area contributed by atoms with Gasteiger partial charge in [0.25, 0.3) is 0 Å². The first-order valence-corrected chi connectivity index (χ1v) is 5.91. The first-order chi connectivity index (χ1) is 10.1. The monoisotopic (exact) mass is 315 g/mol. The minimum Gasteiger partial charge on any atom is -0.192 e. The van der Waals surface area contributed by atoms with Gasteiger partial charge in [-0.1, -0.05) is 12.1 Å². The molecule has 0 saturated heterocycles. The van der Waals surface area contributed by atoms with Crippen molar-refractivity contribution < 1.29 is 26.3 Å². The molecule has 0 bridgehead atoms. The van der Waals surface area contributed by atoms with Gasteiger partial charge in [-0.25, -0.2) is 0 Å². The Morgan fingerprint density at radius 3 is 1.86 bits per heavy atom. The van der Waals surface area contributed by atoms with E-state index in [2.05, 4.69) is 0 Å². The van der Waals surface area contributed by atoms with Crippen molar-refractivity contribution >= 4 is 0 Å². The van der Waals surface area contributed by atoms with Gasteiger partial charge < -0.3 is 0 Å². The van der Waals surface area contributed by atoms with E-state index >= 15 is 0 Å². The van der Waals surface area contributed by atoms with Crippen molar-refractivity contribution in [2.75, 3.05) is 0 Å². The van der Waals surface area contributed by atoms with E-state index in [0.717, 1.165) is 30.3 Å². The average Bonchev–Trinajstić information content (AvgIpc) is 2.45. The first kappa shape index (κ1) is 15.9. The highest BCUT2D eigenvalue weighted by atomic mass is 19.4. The molecule has 0 aromatic heterocycles. The molecule has 2 aromatic carbocycles. The maximum Gasteiger partial charge on any atom is 0.416 e. The van der Waals surface area contributed by atoms with Gasteiger partial charge in [0, 0.05) is 0 Å². The number of benzene rings is 2. The Kier molecular flexibility index (Phi) is 3.88. The molecule has 0 radical (unpaired) electrons. The number of nitrogens with zero attached hydrogens (tertiary/aromatic N) is 1. The zero-order chi connectivity index (χ0) is 16.5. The highest BCUT2D eigenvalue weighted by Crippen LogP contribution is 2.35. The number of hydrogen-bond donors (Lipinski definition) is 0. The number of rotatable bonds is 1. The fourth-order valence-electron chi connectivity index (χ4n) is 1.90. The summed E-state index contributed by atoms with van der Waals surface area (Å²) in [7, 11) is 0. The Balaban J connectivity index is 2.61. The van der Waals surface area contributed by atoms with Crippen LogP contribution >= 0.6 is 0 Å². The number of alkyl halides is 6. The minimum atomic E-state index is -4.69. The van der Waals surface area contributed by atoms with E-state index in [9.17, 15) is 26.3 Å². The van der Waals surface area contributed by atoms with E-state index in [1.807, 2.05) is 0 Å². The summed E-state index contributed by atoms with van der Waals surface area (Å²) in [6.45, 7) is 0. The van der Waals surface area contributed by atoms with Crippen molar-refractivity contribution in [3.8, 4) is 17.2 Å². The van der Waals surface area contributed by atoms with Crippen LogP contribution < -0.4 is 0 Å². The molecule has 0 atom stereocenters. The Labute approximate surface area is 121 Å². The van der Waals surface area contributed by atoms with Crippen molar-refractivity contribution in [3.63, 3.8) is 0 Å². The maximum atomic E-state index is 12.8.